The van der Waals surface area contributed by atoms with Crippen LogP contribution in [0.5, 0.6) is 0 Å². The third kappa shape index (κ3) is 9.00. The first kappa shape index (κ1) is 26.6. The molecule has 4 heavy (non-hydrogen) atoms. The van der Waals surface area contributed by atoms with Crippen molar-refractivity contribution in [2.45, 2.75) is 0 Å². The normalized spacial score (nSPS) is 0. The summed E-state index contributed by atoms with van der Waals surface area (Å²) in [5, 5.41) is 0. The summed E-state index contributed by atoms with van der Waals surface area (Å²) >= 11 is 0. The van der Waals surface area contributed by atoms with Crippen LogP contribution < -0.4 is 0 Å². The summed E-state index contributed by atoms with van der Waals surface area (Å²) in [6, 6.07) is 0. The van der Waals surface area contributed by atoms with Gasteiger partial charge in [-0.2, -0.15) is 0 Å². The van der Waals surface area contributed by atoms with Gasteiger partial charge < -0.3 is 5.48 Å². The van der Waals surface area contributed by atoms with E-state index in [9.17, 15) is 0 Å². The fourth-order valence-corrected chi connectivity index (χ4v) is 0. The van der Waals surface area contributed by atoms with E-state index in [0.717, 1.165) is 0 Å². The average Bonchev–Trinajstić information content (AvgIpc) is 0. The molecule has 0 fully saturated rings. The molecule has 0 aliphatic carbocycles. The van der Waals surface area contributed by atoms with E-state index in [4.69, 9.17) is 0 Å². The van der Waals surface area contributed by atoms with Crippen LogP contribution in [-0.2, 0) is 16.5 Å². The Kier molecular flexibility index (Phi) is 108. The van der Waals surface area contributed by atoms with Crippen molar-refractivity contribution in [3.05, 3.63) is 0 Å². The predicted octanol–water partition coefficient (Wildman–Crippen LogP) is -0.827. The van der Waals surface area contributed by atoms with Gasteiger partial charge in [-0.15, -0.1) is 0 Å². The van der Waals surface area contributed by atoms with Crippen molar-refractivity contribution in [2.24, 2.45) is 0 Å². The molecule has 0 aliphatic heterocycles. The Bertz CT molecular complexity index is 8.00. The van der Waals surface area contributed by atoms with E-state index in [0.29, 0.717) is 0 Å². The van der Waals surface area contributed by atoms with Gasteiger partial charge in [0, 0.05) is 104 Å². The Labute approximate surface area is 106 Å². The zero-order chi connectivity index (χ0) is 0. The van der Waals surface area contributed by atoms with Gasteiger partial charge >= 0.3 is 0 Å². The van der Waals surface area contributed by atoms with Crippen LogP contribution in [0.3, 0.4) is 0 Å². The fraction of sp³-hybridized carbons (Fsp3) is 0. The first-order valence-corrected chi connectivity index (χ1v) is 0. The third-order valence-corrected chi connectivity index (χ3v) is 0. The molecule has 0 saturated heterocycles. The molecule has 0 amide bonds. The van der Waals surface area contributed by atoms with Crippen molar-refractivity contribution in [1.82, 2.24) is 0 Å². The summed E-state index contributed by atoms with van der Waals surface area (Å²) in [6.07, 6.45) is 0. The SMILES string of the molecule is O.[Dy].[Eu].[Ni]. The summed E-state index contributed by atoms with van der Waals surface area (Å²) < 4.78 is 0. The minimum absolute atomic E-state index is 0. The minimum Gasteiger partial charge on any atom is -0.412 e. The maximum Gasteiger partial charge on any atom is 0 e. The molecule has 1 radical (unpaired) electrons. The van der Waals surface area contributed by atoms with Gasteiger partial charge in [0.05, 0.1) is 0 Å². The maximum atomic E-state index is 0. The molecule has 4 heteroatoms. The molecular formula is H2DyEuNiO. The molecule has 0 aromatic carbocycles. The Morgan fingerprint density at radius 1 is 1.00 bits per heavy atom. The second-order valence-electron chi connectivity index (χ2n) is 0. The van der Waals surface area contributed by atoms with Crippen LogP contribution in [0.1, 0.15) is 0 Å². The number of rotatable bonds is 0. The van der Waals surface area contributed by atoms with E-state index in [1.807, 2.05) is 0 Å². The van der Waals surface area contributed by atoms with E-state index in [1.54, 1.807) is 0 Å². The summed E-state index contributed by atoms with van der Waals surface area (Å²) in [6.45, 7) is 0. The molecular weight excluding hydrogens is 389 g/mol. The molecule has 0 saturated carbocycles. The van der Waals surface area contributed by atoms with Gasteiger partial charge in [-0.3, -0.25) is 0 Å². The van der Waals surface area contributed by atoms with Crippen molar-refractivity contribution in [3.8, 4) is 0 Å². The Hall–Kier alpha value is 3.31. The maximum absolute atomic E-state index is 0. The molecule has 0 bridgehead atoms. The van der Waals surface area contributed by atoms with E-state index in [2.05, 4.69) is 0 Å². The van der Waals surface area contributed by atoms with Crippen LogP contribution in [0.25, 0.3) is 0 Å². The van der Waals surface area contributed by atoms with E-state index in [1.165, 1.54) is 0 Å². The topological polar surface area (TPSA) is 31.5 Å². The average molecular weight is 391 g/mol. The van der Waals surface area contributed by atoms with Crippen LogP contribution >= 0.6 is 0 Å². The Balaban J connectivity index is 0. The summed E-state index contributed by atoms with van der Waals surface area (Å²) in [7, 11) is 0. The fourth-order valence-electron chi connectivity index (χ4n) is 0. The van der Waals surface area contributed by atoms with Crippen LogP contribution in [0, 0.1) is 87.6 Å². The molecule has 0 aromatic rings. The number of hydrogen-bond acceptors (Lipinski definition) is 0. The largest absolute Gasteiger partial charge is 0.412 e. The minimum atomic E-state index is 0. The molecule has 2 N–H and O–H groups in total. The monoisotopic (exact) mass is 393 g/mol. The van der Waals surface area contributed by atoms with Crippen molar-refractivity contribution >= 4 is 0 Å². The Morgan fingerprint density at radius 2 is 1.00 bits per heavy atom. The molecule has 0 heterocycles. The van der Waals surface area contributed by atoms with Gasteiger partial charge in [0.2, 0.25) is 0 Å². The Morgan fingerprint density at radius 3 is 1.00 bits per heavy atom. The summed E-state index contributed by atoms with van der Waals surface area (Å²) in [5.74, 6) is 0. The van der Waals surface area contributed by atoms with E-state index < -0.39 is 0 Å². The summed E-state index contributed by atoms with van der Waals surface area (Å²) in [5.41, 5.74) is 0. The first-order chi connectivity index (χ1) is 0. The van der Waals surface area contributed by atoms with Crippen molar-refractivity contribution in [2.75, 3.05) is 0 Å². The van der Waals surface area contributed by atoms with E-state index >= 15 is 0 Å². The van der Waals surface area contributed by atoms with Gasteiger partial charge in [0.1, 0.15) is 0 Å². The van der Waals surface area contributed by atoms with Crippen LogP contribution in [-0.4, -0.2) is 5.48 Å². The first-order valence-electron chi connectivity index (χ1n) is 0. The van der Waals surface area contributed by atoms with Crippen molar-refractivity contribution < 1.29 is 110 Å². The smallest absolute Gasteiger partial charge is 0 e. The third-order valence-electron chi connectivity index (χ3n) is 0. The van der Waals surface area contributed by atoms with Gasteiger partial charge in [-0.25, -0.2) is 0 Å². The van der Waals surface area contributed by atoms with Gasteiger partial charge in [0.25, 0.3) is 0 Å². The molecule has 0 spiro atoms. The van der Waals surface area contributed by atoms with Crippen LogP contribution in [0.4, 0.5) is 0 Å². The molecule has 0 atom stereocenters. The quantitative estimate of drug-likeness (QED) is 0.484. The molecule has 0 unspecified atom stereocenters. The molecule has 35 valence electrons. The standard InChI is InChI=1S/Dy.Eu.Ni.H2O/h;;;1H2. The molecule has 0 aliphatic rings. The molecule has 0 rings (SSSR count). The van der Waals surface area contributed by atoms with Crippen LogP contribution in [0.15, 0.2) is 0 Å². The van der Waals surface area contributed by atoms with Gasteiger partial charge in [-0.1, -0.05) is 0 Å². The van der Waals surface area contributed by atoms with Crippen molar-refractivity contribution in [1.29, 1.82) is 0 Å². The number of hydrogen-bond donors (Lipinski definition) is 0. The van der Waals surface area contributed by atoms with Crippen LogP contribution in [0.2, 0.25) is 0 Å². The van der Waals surface area contributed by atoms with E-state index in [-0.39, 0.29) is 110 Å². The second kappa shape index (κ2) is 16.2. The predicted molar refractivity (Wildman–Crippen MR) is 3.61 cm³/mol. The van der Waals surface area contributed by atoms with Gasteiger partial charge in [0.15, 0.2) is 0 Å². The zero-order valence-electron chi connectivity index (χ0n) is 1.51. The second-order valence-corrected chi connectivity index (χ2v) is 0. The summed E-state index contributed by atoms with van der Waals surface area (Å²) in [4.78, 5) is 0. The molecule has 0 aromatic heterocycles. The zero-order valence-corrected chi connectivity index (χ0v) is 6.95. The molecule has 1 nitrogen and oxygen atoms in total. The van der Waals surface area contributed by atoms with Crippen molar-refractivity contribution in [3.63, 3.8) is 0 Å². The van der Waals surface area contributed by atoms with Gasteiger partial charge in [-0.05, 0) is 0 Å².